The van der Waals surface area contributed by atoms with E-state index in [-0.39, 0.29) is 17.7 Å². The quantitative estimate of drug-likeness (QED) is 0.372. The molecule has 0 saturated carbocycles. The molecule has 0 aromatic heterocycles. The highest BCUT2D eigenvalue weighted by Gasteiger charge is 2.35. The molecule has 224 valence electrons. The van der Waals surface area contributed by atoms with Crippen LogP contribution in [0.25, 0.3) is 0 Å². The van der Waals surface area contributed by atoms with Crippen LogP contribution in [0.3, 0.4) is 0 Å². The fourth-order valence-electron chi connectivity index (χ4n) is 5.31. The fourth-order valence-corrected chi connectivity index (χ4v) is 5.31. The molecule has 0 bridgehead atoms. The van der Waals surface area contributed by atoms with Crippen molar-refractivity contribution in [1.29, 1.82) is 0 Å². The first-order valence-corrected chi connectivity index (χ1v) is 14.5. The minimum Gasteiger partial charge on any atom is -0.352 e. The summed E-state index contributed by atoms with van der Waals surface area (Å²) in [6.45, 7) is 6.12. The Bertz CT molecular complexity index is 1530. The molecule has 2 aliphatic rings. The van der Waals surface area contributed by atoms with Crippen LogP contribution in [0.1, 0.15) is 36.0 Å². The zero-order chi connectivity index (χ0) is 30.5. The van der Waals surface area contributed by atoms with E-state index < -0.39 is 11.7 Å². The monoisotopic (exact) mass is 584 g/mol. The number of piperazine rings is 1. The van der Waals surface area contributed by atoms with Gasteiger partial charge in [0.25, 0.3) is 0 Å². The van der Waals surface area contributed by atoms with E-state index in [2.05, 4.69) is 27.5 Å². The van der Waals surface area contributed by atoms with E-state index in [1.54, 1.807) is 24.9 Å². The molecule has 1 unspecified atom stereocenters. The molecule has 1 atom stereocenters. The third-order valence-corrected chi connectivity index (χ3v) is 7.97. The maximum Gasteiger partial charge on any atom is 0.240 e. The number of carbonyl (C=O) groups excluding carboxylic acids is 3. The van der Waals surface area contributed by atoms with Crippen LogP contribution in [0, 0.1) is 5.82 Å². The Morgan fingerprint density at radius 1 is 1.05 bits per heavy atom. The van der Waals surface area contributed by atoms with Crippen molar-refractivity contribution in [1.82, 2.24) is 15.1 Å². The van der Waals surface area contributed by atoms with E-state index in [0.29, 0.717) is 47.7 Å². The second-order valence-corrected chi connectivity index (χ2v) is 11.0. The molecule has 1 fully saturated rings. The van der Waals surface area contributed by atoms with Crippen molar-refractivity contribution >= 4 is 40.5 Å². The van der Waals surface area contributed by atoms with Gasteiger partial charge in [0, 0.05) is 57.6 Å². The van der Waals surface area contributed by atoms with Crippen molar-refractivity contribution in [2.45, 2.75) is 25.8 Å². The van der Waals surface area contributed by atoms with Crippen LogP contribution in [-0.2, 0) is 20.9 Å². The lowest BCUT2D eigenvalue weighted by Gasteiger charge is -2.32. The summed E-state index contributed by atoms with van der Waals surface area (Å²) >= 11 is 0. The number of carbonyl (C=O) groups is 3. The van der Waals surface area contributed by atoms with Crippen LogP contribution in [0.4, 0.5) is 21.5 Å². The zero-order valence-electron chi connectivity index (χ0n) is 24.8. The molecule has 0 radical (unpaired) electrons. The summed E-state index contributed by atoms with van der Waals surface area (Å²) in [4.78, 5) is 49.1. The molecule has 3 aromatic carbocycles. The topological polar surface area (TPSA) is 97.3 Å². The van der Waals surface area contributed by atoms with Gasteiger partial charge in [-0.05, 0) is 66.2 Å². The molecule has 3 aromatic rings. The van der Waals surface area contributed by atoms with Crippen molar-refractivity contribution in [2.24, 2.45) is 4.99 Å². The van der Waals surface area contributed by atoms with Gasteiger partial charge in [0.15, 0.2) is 0 Å². The lowest BCUT2D eigenvalue weighted by molar-refractivity contribution is -0.121. The van der Waals surface area contributed by atoms with Gasteiger partial charge in [0.1, 0.15) is 11.7 Å². The minimum atomic E-state index is -0.761. The van der Waals surface area contributed by atoms with Crippen LogP contribution in [0.15, 0.2) is 71.7 Å². The van der Waals surface area contributed by atoms with Gasteiger partial charge in [0.2, 0.25) is 17.7 Å². The highest BCUT2D eigenvalue weighted by Crippen LogP contribution is 2.37. The second-order valence-electron chi connectivity index (χ2n) is 11.0. The smallest absolute Gasteiger partial charge is 0.240 e. The third-order valence-electron chi connectivity index (χ3n) is 7.97. The molecule has 1 saturated heterocycles. The summed E-state index contributed by atoms with van der Waals surface area (Å²) in [5.41, 5.74) is 4.48. The average molecular weight is 585 g/mol. The zero-order valence-corrected chi connectivity index (χ0v) is 24.8. The van der Waals surface area contributed by atoms with Crippen molar-refractivity contribution in [3.63, 3.8) is 0 Å². The Kier molecular flexibility index (Phi) is 9.27. The van der Waals surface area contributed by atoms with Crippen molar-refractivity contribution < 1.29 is 18.8 Å². The molecule has 2 N–H and O–H groups in total. The molecule has 2 heterocycles. The fraction of sp³-hybridized carbons (Fsp3) is 0.333. The summed E-state index contributed by atoms with van der Waals surface area (Å²) in [6.07, 6.45) is 0.384. The number of hydrogen-bond donors (Lipinski definition) is 2. The summed E-state index contributed by atoms with van der Waals surface area (Å²) < 4.78 is 14.0. The number of halogens is 1. The maximum atomic E-state index is 14.0. The Morgan fingerprint density at radius 2 is 1.79 bits per heavy atom. The predicted molar refractivity (Wildman–Crippen MR) is 166 cm³/mol. The summed E-state index contributed by atoms with van der Waals surface area (Å²) in [5, 5.41) is 5.67. The molecule has 10 heteroatoms. The van der Waals surface area contributed by atoms with Gasteiger partial charge in [-0.3, -0.25) is 24.3 Å². The Hall–Kier alpha value is -4.41. The molecule has 2 aliphatic heterocycles. The lowest BCUT2D eigenvalue weighted by Crippen LogP contribution is -2.48. The lowest BCUT2D eigenvalue weighted by atomic mass is 9.90. The number of benzene rings is 3. The van der Waals surface area contributed by atoms with Gasteiger partial charge < -0.3 is 20.4 Å². The number of likely N-dealkylation sites (N-methyl/N-ethyl adjacent to an activating group) is 2. The Labute approximate surface area is 251 Å². The van der Waals surface area contributed by atoms with Crippen LogP contribution in [0.5, 0.6) is 0 Å². The summed E-state index contributed by atoms with van der Waals surface area (Å²) in [5.74, 6) is -1.54. The van der Waals surface area contributed by atoms with Crippen LogP contribution >= 0.6 is 0 Å². The molecule has 0 spiro atoms. The first-order valence-electron chi connectivity index (χ1n) is 14.5. The number of aliphatic imine (C=N–C) groups is 1. The number of nitrogens with zero attached hydrogens (tertiary/aromatic N) is 4. The van der Waals surface area contributed by atoms with Gasteiger partial charge in [-0.15, -0.1) is 0 Å². The van der Waals surface area contributed by atoms with E-state index in [1.165, 1.54) is 12.1 Å². The first-order chi connectivity index (χ1) is 20.7. The average Bonchev–Trinajstić information content (AvgIpc) is 3.34. The summed E-state index contributed by atoms with van der Waals surface area (Å²) in [7, 11) is 3.85. The number of nitrogens with one attached hydrogen (secondary N) is 2. The highest BCUT2D eigenvalue weighted by molar-refractivity contribution is 6.24. The molecule has 0 aliphatic carbocycles. The number of fused-ring (bicyclic) bond motifs is 1. The van der Waals surface area contributed by atoms with Gasteiger partial charge in [0.05, 0.1) is 17.9 Å². The van der Waals surface area contributed by atoms with E-state index in [0.717, 1.165) is 37.4 Å². The van der Waals surface area contributed by atoms with E-state index in [1.807, 2.05) is 48.5 Å². The van der Waals surface area contributed by atoms with E-state index in [9.17, 15) is 18.8 Å². The molecule has 3 amide bonds. The molecule has 43 heavy (non-hydrogen) atoms. The SMILES string of the molecule is CCC(=O)NCc1cccc(C(=Nc2ccc(N(C)C(=O)CN3CCN(C)CC3)cc2)C2C(=O)Nc3cc(F)ccc32)c1. The van der Waals surface area contributed by atoms with Gasteiger partial charge in [-0.2, -0.15) is 0 Å². The van der Waals surface area contributed by atoms with E-state index >= 15 is 0 Å². The van der Waals surface area contributed by atoms with Crippen molar-refractivity contribution in [2.75, 3.05) is 57.0 Å². The largest absolute Gasteiger partial charge is 0.352 e. The highest BCUT2D eigenvalue weighted by atomic mass is 19.1. The minimum absolute atomic E-state index is 0.0138. The number of rotatable bonds is 9. The van der Waals surface area contributed by atoms with Crippen LogP contribution in [-0.4, -0.2) is 80.1 Å². The maximum absolute atomic E-state index is 14.0. The second kappa shape index (κ2) is 13.3. The van der Waals surface area contributed by atoms with Crippen molar-refractivity contribution in [3.05, 3.63) is 89.2 Å². The standard InChI is InChI=1S/C33H37FN6O3/c1-4-29(41)35-20-22-6-5-7-23(18-22)32(31-27-13-8-24(34)19-28(27)37-33(31)43)36-25-9-11-26(12-10-25)39(3)30(42)21-40-16-14-38(2)15-17-40/h5-13,18-19,31H,4,14-17,20-21H2,1-3H3,(H,35,41)(H,37,43). The number of hydrogen-bond acceptors (Lipinski definition) is 6. The van der Waals surface area contributed by atoms with Gasteiger partial charge in [-0.1, -0.05) is 31.2 Å². The number of amides is 3. The third kappa shape index (κ3) is 7.15. The summed E-state index contributed by atoms with van der Waals surface area (Å²) in [6, 6.07) is 19.1. The Balaban J connectivity index is 1.43. The Morgan fingerprint density at radius 3 is 2.51 bits per heavy atom. The molecule has 9 nitrogen and oxygen atoms in total. The van der Waals surface area contributed by atoms with Crippen molar-refractivity contribution in [3.8, 4) is 0 Å². The van der Waals surface area contributed by atoms with Crippen LogP contribution in [0.2, 0.25) is 0 Å². The normalized spacial score (nSPS) is 17.3. The molecular formula is C33H37FN6O3. The van der Waals surface area contributed by atoms with E-state index in [4.69, 9.17) is 4.99 Å². The van der Waals surface area contributed by atoms with Gasteiger partial charge in [-0.25, -0.2) is 4.39 Å². The molecular weight excluding hydrogens is 547 g/mol. The van der Waals surface area contributed by atoms with Gasteiger partial charge >= 0.3 is 0 Å². The predicted octanol–water partition coefficient (Wildman–Crippen LogP) is 3.92. The first kappa shape index (κ1) is 30.1. The van der Waals surface area contributed by atoms with Crippen LogP contribution < -0.4 is 15.5 Å². The molecule has 5 rings (SSSR count). The number of anilines is 2.